The van der Waals surface area contributed by atoms with Crippen molar-refractivity contribution in [2.24, 2.45) is 0 Å². The third-order valence-electron chi connectivity index (χ3n) is 1.50. The van der Waals surface area contributed by atoms with Crippen LogP contribution in [-0.4, -0.2) is 4.98 Å². The first-order valence-electron chi connectivity index (χ1n) is 3.41. The first-order valence-corrected chi connectivity index (χ1v) is 4.28. The number of fused-ring (bicyclic) bond motifs is 1. The Kier molecular flexibility index (Phi) is 1.95. The predicted octanol–water partition coefficient (Wildman–Crippen LogP) is 3.30. The van der Waals surface area contributed by atoms with Gasteiger partial charge in [0.2, 0.25) is 5.89 Å². The van der Waals surface area contributed by atoms with Crippen molar-refractivity contribution in [1.82, 2.24) is 4.98 Å². The minimum atomic E-state index is -0.697. The second-order valence-electron chi connectivity index (χ2n) is 2.32. The SMILES string of the molecule is ClC(Cl)c1nc2ccccc2o1. The molecule has 0 spiro atoms. The number of rotatable bonds is 1. The second kappa shape index (κ2) is 2.96. The zero-order valence-corrected chi connectivity index (χ0v) is 7.51. The molecule has 0 atom stereocenters. The van der Waals surface area contributed by atoms with Gasteiger partial charge in [0.25, 0.3) is 0 Å². The molecule has 0 aliphatic heterocycles. The highest BCUT2D eigenvalue weighted by atomic mass is 35.5. The summed E-state index contributed by atoms with van der Waals surface area (Å²) in [5.74, 6) is 0.347. The Balaban J connectivity index is 2.62. The molecule has 2 nitrogen and oxygen atoms in total. The molecule has 1 aromatic carbocycles. The Morgan fingerprint density at radius 3 is 2.67 bits per heavy atom. The first-order chi connectivity index (χ1) is 5.77. The van der Waals surface area contributed by atoms with Crippen LogP contribution in [0.4, 0.5) is 0 Å². The summed E-state index contributed by atoms with van der Waals surface area (Å²) in [6.07, 6.45) is 0. The topological polar surface area (TPSA) is 26.0 Å². The summed E-state index contributed by atoms with van der Waals surface area (Å²) in [5, 5.41) is 0. The molecule has 0 bridgehead atoms. The van der Waals surface area contributed by atoms with E-state index in [1.54, 1.807) is 0 Å². The van der Waals surface area contributed by atoms with E-state index in [0.29, 0.717) is 11.5 Å². The third-order valence-corrected chi connectivity index (χ3v) is 1.87. The van der Waals surface area contributed by atoms with Crippen LogP contribution in [0, 0.1) is 0 Å². The van der Waals surface area contributed by atoms with Gasteiger partial charge < -0.3 is 4.42 Å². The van der Waals surface area contributed by atoms with Crippen molar-refractivity contribution < 1.29 is 4.42 Å². The van der Waals surface area contributed by atoms with E-state index in [1.165, 1.54) is 0 Å². The molecule has 2 aromatic rings. The molecule has 0 unspecified atom stereocenters. The maximum atomic E-state index is 5.58. The fourth-order valence-corrected chi connectivity index (χ4v) is 1.17. The fraction of sp³-hybridized carbons (Fsp3) is 0.125. The minimum absolute atomic E-state index is 0.347. The van der Waals surface area contributed by atoms with Crippen LogP contribution in [0.1, 0.15) is 10.7 Å². The lowest BCUT2D eigenvalue weighted by Crippen LogP contribution is -1.77. The second-order valence-corrected chi connectivity index (χ2v) is 3.42. The number of aromatic nitrogens is 1. The molecule has 1 aromatic heterocycles. The summed E-state index contributed by atoms with van der Waals surface area (Å²) in [6, 6.07) is 7.42. The quantitative estimate of drug-likeness (QED) is 0.663. The molecule has 2 rings (SSSR count). The number of halogens is 2. The largest absolute Gasteiger partial charge is 0.438 e. The van der Waals surface area contributed by atoms with Gasteiger partial charge >= 0.3 is 0 Å². The zero-order valence-electron chi connectivity index (χ0n) is 6.00. The van der Waals surface area contributed by atoms with Gasteiger partial charge in [0.15, 0.2) is 10.4 Å². The van der Waals surface area contributed by atoms with Crippen LogP contribution in [0.5, 0.6) is 0 Å². The number of alkyl halides is 2. The van der Waals surface area contributed by atoms with Crippen LogP contribution >= 0.6 is 23.2 Å². The third kappa shape index (κ3) is 1.28. The van der Waals surface area contributed by atoms with Gasteiger partial charge in [-0.15, -0.1) is 0 Å². The summed E-state index contributed by atoms with van der Waals surface area (Å²) in [5.41, 5.74) is 1.48. The molecule has 0 radical (unpaired) electrons. The summed E-state index contributed by atoms with van der Waals surface area (Å²) in [6.45, 7) is 0. The molecule has 0 aliphatic carbocycles. The van der Waals surface area contributed by atoms with Crippen molar-refractivity contribution in [3.05, 3.63) is 30.2 Å². The Bertz CT molecular complexity index is 364. The number of hydrogen-bond acceptors (Lipinski definition) is 2. The monoisotopic (exact) mass is 201 g/mol. The summed E-state index contributed by atoms with van der Waals surface area (Å²) in [4.78, 5) is 3.38. The lowest BCUT2D eigenvalue weighted by Gasteiger charge is -1.88. The van der Waals surface area contributed by atoms with Gasteiger partial charge in [-0.1, -0.05) is 35.3 Å². The van der Waals surface area contributed by atoms with E-state index in [2.05, 4.69) is 4.98 Å². The van der Waals surface area contributed by atoms with Crippen LogP contribution in [0.2, 0.25) is 0 Å². The number of hydrogen-bond donors (Lipinski definition) is 0. The van der Waals surface area contributed by atoms with E-state index in [9.17, 15) is 0 Å². The van der Waals surface area contributed by atoms with Gasteiger partial charge in [-0.2, -0.15) is 0 Å². The number of nitrogens with zero attached hydrogens (tertiary/aromatic N) is 1. The average Bonchev–Trinajstić information content (AvgIpc) is 2.46. The molecule has 4 heteroatoms. The average molecular weight is 202 g/mol. The molecule has 0 amide bonds. The normalized spacial score (nSPS) is 11.2. The Labute approximate surface area is 79.1 Å². The minimum Gasteiger partial charge on any atom is -0.438 e. The summed E-state index contributed by atoms with van der Waals surface area (Å²) >= 11 is 11.2. The van der Waals surface area contributed by atoms with Crippen molar-refractivity contribution in [1.29, 1.82) is 0 Å². The number of para-hydroxylation sites is 2. The maximum absolute atomic E-state index is 5.58. The lowest BCUT2D eigenvalue weighted by atomic mass is 10.3. The van der Waals surface area contributed by atoms with E-state index in [1.807, 2.05) is 24.3 Å². The van der Waals surface area contributed by atoms with Crippen LogP contribution < -0.4 is 0 Å². The van der Waals surface area contributed by atoms with Gasteiger partial charge in [0.05, 0.1) is 0 Å². The molecular formula is C8H5Cl2NO. The van der Waals surface area contributed by atoms with Gasteiger partial charge in [0, 0.05) is 0 Å². The number of benzene rings is 1. The standard InChI is InChI=1S/C8H5Cl2NO/c9-7(10)8-11-5-3-1-2-4-6(5)12-8/h1-4,7H. The molecule has 0 saturated heterocycles. The molecule has 1 heterocycles. The van der Waals surface area contributed by atoms with E-state index >= 15 is 0 Å². The first kappa shape index (κ1) is 7.90. The summed E-state index contributed by atoms with van der Waals surface area (Å²) in [7, 11) is 0. The van der Waals surface area contributed by atoms with Crippen molar-refractivity contribution in [2.75, 3.05) is 0 Å². The molecule has 62 valence electrons. The van der Waals surface area contributed by atoms with Crippen molar-refractivity contribution in [2.45, 2.75) is 4.84 Å². The molecule has 0 saturated carbocycles. The van der Waals surface area contributed by atoms with Gasteiger partial charge in [-0.25, -0.2) is 4.98 Å². The summed E-state index contributed by atoms with van der Waals surface area (Å²) < 4.78 is 5.25. The highest BCUT2D eigenvalue weighted by Crippen LogP contribution is 2.26. The highest BCUT2D eigenvalue weighted by molar-refractivity contribution is 6.43. The molecule has 0 aliphatic rings. The number of oxazole rings is 1. The van der Waals surface area contributed by atoms with Crippen molar-refractivity contribution in [3.8, 4) is 0 Å². The fourth-order valence-electron chi connectivity index (χ4n) is 0.983. The Morgan fingerprint density at radius 2 is 2.00 bits per heavy atom. The highest BCUT2D eigenvalue weighted by Gasteiger charge is 2.11. The van der Waals surface area contributed by atoms with Crippen LogP contribution in [0.3, 0.4) is 0 Å². The Morgan fingerprint density at radius 1 is 1.25 bits per heavy atom. The van der Waals surface area contributed by atoms with E-state index in [0.717, 1.165) is 5.52 Å². The van der Waals surface area contributed by atoms with Gasteiger partial charge in [-0.05, 0) is 12.1 Å². The van der Waals surface area contributed by atoms with E-state index < -0.39 is 4.84 Å². The van der Waals surface area contributed by atoms with Gasteiger partial charge in [-0.3, -0.25) is 0 Å². The zero-order chi connectivity index (χ0) is 8.55. The van der Waals surface area contributed by atoms with E-state index in [-0.39, 0.29) is 0 Å². The van der Waals surface area contributed by atoms with Gasteiger partial charge in [0.1, 0.15) is 5.52 Å². The maximum Gasteiger partial charge on any atom is 0.228 e. The molecule has 12 heavy (non-hydrogen) atoms. The lowest BCUT2D eigenvalue weighted by molar-refractivity contribution is 0.550. The molecule has 0 fully saturated rings. The smallest absolute Gasteiger partial charge is 0.228 e. The van der Waals surface area contributed by atoms with E-state index in [4.69, 9.17) is 27.6 Å². The molecular weight excluding hydrogens is 197 g/mol. The van der Waals surface area contributed by atoms with Crippen LogP contribution in [0.25, 0.3) is 11.1 Å². The van der Waals surface area contributed by atoms with Crippen molar-refractivity contribution in [3.63, 3.8) is 0 Å². The predicted molar refractivity (Wildman–Crippen MR) is 48.5 cm³/mol. The Hall–Kier alpha value is -0.730. The molecule has 0 N–H and O–H groups in total. The van der Waals surface area contributed by atoms with Crippen molar-refractivity contribution >= 4 is 34.3 Å². The van der Waals surface area contributed by atoms with Crippen LogP contribution in [-0.2, 0) is 0 Å². The van der Waals surface area contributed by atoms with Crippen LogP contribution in [0.15, 0.2) is 28.7 Å².